The lowest BCUT2D eigenvalue weighted by Crippen LogP contribution is -2.55. The summed E-state index contributed by atoms with van der Waals surface area (Å²) < 4.78 is 109. The predicted octanol–water partition coefficient (Wildman–Crippen LogP) is 7.68. The Labute approximate surface area is 228 Å². The van der Waals surface area contributed by atoms with E-state index in [2.05, 4.69) is 103 Å². The van der Waals surface area contributed by atoms with Gasteiger partial charge in [0.2, 0.25) is 0 Å². The molecule has 0 saturated carbocycles. The van der Waals surface area contributed by atoms with Crippen molar-refractivity contribution in [3.05, 3.63) is 114 Å². The van der Waals surface area contributed by atoms with Crippen molar-refractivity contribution in [2.75, 3.05) is 0 Å². The van der Waals surface area contributed by atoms with Crippen molar-refractivity contribution in [1.82, 2.24) is 0 Å². The zero-order chi connectivity index (χ0) is 29.3. The summed E-state index contributed by atoms with van der Waals surface area (Å²) in [6.07, 6.45) is -5.79. The molecule has 0 amide bonds. The molecule has 4 aromatic carbocycles. The summed E-state index contributed by atoms with van der Waals surface area (Å²) in [5.41, 5.74) is 5.74. The number of halogens is 7. The highest BCUT2D eigenvalue weighted by Crippen LogP contribution is 2.48. The number of hydrogen-bond donors (Lipinski definition) is 0. The Balaban J connectivity index is 0.000000227. The van der Waals surface area contributed by atoms with Gasteiger partial charge in [-0.15, -0.1) is 0 Å². The lowest BCUT2D eigenvalue weighted by molar-refractivity contribution is -0.333. The molecule has 0 fully saturated rings. The van der Waals surface area contributed by atoms with E-state index in [0.717, 1.165) is 6.42 Å². The average molecular weight is 601 g/mol. The zero-order valence-electron chi connectivity index (χ0n) is 20.2. The van der Waals surface area contributed by atoms with Gasteiger partial charge in [-0.2, -0.15) is 30.7 Å². The largest absolute Gasteiger partial charge is 0.743 e. The molecule has 1 aliphatic carbocycles. The third kappa shape index (κ3) is 5.48. The minimum atomic E-state index is -7.10. The number of alkyl halides is 7. The van der Waals surface area contributed by atoms with Crippen LogP contribution < -0.4 is 0 Å². The van der Waals surface area contributed by atoms with Gasteiger partial charge in [0.25, 0.3) is 0 Å². The van der Waals surface area contributed by atoms with Crippen molar-refractivity contribution < 1.29 is 43.7 Å². The molecule has 3 nitrogen and oxygen atoms in total. The number of fused-ring (bicyclic) bond motifs is 3. The van der Waals surface area contributed by atoms with Crippen LogP contribution in [0.1, 0.15) is 11.1 Å². The fourth-order valence-electron chi connectivity index (χ4n) is 4.14. The molecule has 0 radical (unpaired) electrons. The lowest BCUT2D eigenvalue weighted by Gasteiger charge is -2.29. The average Bonchev–Trinajstić information content (AvgIpc) is 3.29. The molecule has 4 aromatic rings. The van der Waals surface area contributed by atoms with Crippen molar-refractivity contribution in [1.29, 1.82) is 0 Å². The molecule has 0 aliphatic heterocycles. The van der Waals surface area contributed by atoms with Crippen molar-refractivity contribution in [2.45, 2.75) is 38.5 Å². The summed E-state index contributed by atoms with van der Waals surface area (Å²) in [5, 5.41) is -6.72. The number of hydrogen-bond acceptors (Lipinski definition) is 3. The van der Waals surface area contributed by atoms with Crippen LogP contribution >= 0.6 is 0 Å². The molecule has 12 heteroatoms. The molecule has 0 N–H and O–H groups in total. The Morgan fingerprint density at radius 1 is 0.625 bits per heavy atom. The van der Waals surface area contributed by atoms with E-state index in [9.17, 15) is 43.7 Å². The molecular weight excluding hydrogens is 581 g/mol. The van der Waals surface area contributed by atoms with Crippen LogP contribution in [0.25, 0.3) is 11.1 Å². The summed E-state index contributed by atoms with van der Waals surface area (Å²) in [5.74, 6) is -6.92. The van der Waals surface area contributed by atoms with E-state index in [0.29, 0.717) is 0 Å². The number of rotatable bonds is 5. The molecule has 0 bridgehead atoms. The van der Waals surface area contributed by atoms with E-state index in [1.54, 1.807) is 0 Å². The molecule has 0 aromatic heterocycles. The van der Waals surface area contributed by atoms with Crippen LogP contribution in [0.15, 0.2) is 118 Å². The van der Waals surface area contributed by atoms with Gasteiger partial charge >= 0.3 is 17.4 Å². The van der Waals surface area contributed by atoms with Gasteiger partial charge in [0.1, 0.15) is 0 Å². The monoisotopic (exact) mass is 600 g/mol. The summed E-state index contributed by atoms with van der Waals surface area (Å²) in [6, 6.07) is 37.5. The molecule has 40 heavy (non-hydrogen) atoms. The Morgan fingerprint density at radius 2 is 1.10 bits per heavy atom. The van der Waals surface area contributed by atoms with E-state index >= 15 is 0 Å². The van der Waals surface area contributed by atoms with Gasteiger partial charge in [-0.3, -0.25) is 0 Å². The van der Waals surface area contributed by atoms with Crippen LogP contribution in [-0.2, 0) is 27.4 Å². The molecular formula is C28H19F7O3S2. The van der Waals surface area contributed by atoms with Crippen LogP contribution in [0.5, 0.6) is 0 Å². The second kappa shape index (κ2) is 10.9. The van der Waals surface area contributed by atoms with Crippen LogP contribution in [0.2, 0.25) is 0 Å². The second-order valence-electron chi connectivity index (χ2n) is 8.59. The van der Waals surface area contributed by atoms with Gasteiger partial charge in [-0.1, -0.05) is 72.8 Å². The minimum Gasteiger partial charge on any atom is -0.743 e. The van der Waals surface area contributed by atoms with E-state index in [4.69, 9.17) is 0 Å². The van der Waals surface area contributed by atoms with Gasteiger partial charge in [-0.25, -0.2) is 8.42 Å². The molecule has 1 aliphatic rings. The Bertz CT molecular complexity index is 1550. The fraction of sp³-hybridized carbons (Fsp3) is 0.143. The Hall–Kier alpha value is -3.35. The third-order valence-corrected chi connectivity index (χ3v) is 9.21. The molecule has 0 atom stereocenters. The highest BCUT2D eigenvalue weighted by Gasteiger charge is 2.76. The van der Waals surface area contributed by atoms with Gasteiger partial charge in [0, 0.05) is 12.0 Å². The van der Waals surface area contributed by atoms with Crippen LogP contribution in [0.3, 0.4) is 0 Å². The molecule has 0 unspecified atom stereocenters. The maximum Gasteiger partial charge on any atom is 0.461 e. The topological polar surface area (TPSA) is 57.2 Å². The van der Waals surface area contributed by atoms with Crippen LogP contribution in [-0.4, -0.2) is 30.3 Å². The maximum absolute atomic E-state index is 11.8. The Morgan fingerprint density at radius 3 is 1.57 bits per heavy atom. The number of benzene rings is 4. The van der Waals surface area contributed by atoms with E-state index < -0.39 is 27.5 Å². The standard InChI is InChI=1S/C25H19S.C3HF7O3S/c1-3-11-20(12-4-1)26(21-13-5-2-6-14-21)25-17-9-16-23-22-15-8-7-10-19(22)18-24(23)25;4-1(5,2(6,7)8)3(9,10)14(11,12)13/h1-17H,18H2;(H,11,12,13)/q+1;/p-1. The minimum absolute atomic E-state index is 0.0846. The first-order valence-electron chi connectivity index (χ1n) is 11.5. The van der Waals surface area contributed by atoms with Gasteiger partial charge < -0.3 is 4.55 Å². The molecule has 5 rings (SSSR count). The van der Waals surface area contributed by atoms with Crippen molar-refractivity contribution >= 4 is 21.0 Å². The summed E-state index contributed by atoms with van der Waals surface area (Å²) in [4.78, 5) is 4.21. The van der Waals surface area contributed by atoms with E-state index in [1.165, 1.54) is 36.9 Å². The molecule has 0 heterocycles. The molecule has 0 saturated heterocycles. The van der Waals surface area contributed by atoms with E-state index in [1.807, 2.05) is 0 Å². The summed E-state index contributed by atoms with van der Waals surface area (Å²) in [6.45, 7) is 0. The first-order chi connectivity index (χ1) is 18.7. The molecule has 0 spiro atoms. The second-order valence-corrected chi connectivity index (χ2v) is 12.0. The summed E-state index contributed by atoms with van der Waals surface area (Å²) in [7, 11) is -7.18. The zero-order valence-corrected chi connectivity index (χ0v) is 21.8. The van der Waals surface area contributed by atoms with Gasteiger partial charge in [0.05, 0.1) is 10.9 Å². The highest BCUT2D eigenvalue weighted by molar-refractivity contribution is 7.97. The normalized spacial score (nSPS) is 13.3. The third-order valence-electron chi connectivity index (χ3n) is 6.02. The van der Waals surface area contributed by atoms with Gasteiger partial charge in [0.15, 0.2) is 24.8 Å². The highest BCUT2D eigenvalue weighted by atomic mass is 32.2. The molecule has 210 valence electrons. The quantitative estimate of drug-likeness (QED) is 0.118. The van der Waals surface area contributed by atoms with Crippen molar-refractivity contribution in [3.63, 3.8) is 0 Å². The Kier molecular flexibility index (Phi) is 8.08. The van der Waals surface area contributed by atoms with Gasteiger partial charge in [-0.05, 0) is 47.0 Å². The van der Waals surface area contributed by atoms with Crippen molar-refractivity contribution in [3.8, 4) is 11.1 Å². The maximum atomic E-state index is 11.8. The smallest absolute Gasteiger partial charge is 0.461 e. The first-order valence-corrected chi connectivity index (χ1v) is 14.1. The van der Waals surface area contributed by atoms with Crippen LogP contribution in [0.4, 0.5) is 30.7 Å². The fourth-order valence-corrected chi connectivity index (χ4v) is 6.86. The van der Waals surface area contributed by atoms with Crippen molar-refractivity contribution in [2.24, 2.45) is 0 Å². The lowest BCUT2D eigenvalue weighted by atomic mass is 10.1. The first kappa shape index (κ1) is 29.6. The van der Waals surface area contributed by atoms with Crippen LogP contribution in [0, 0.1) is 0 Å². The van der Waals surface area contributed by atoms with E-state index in [-0.39, 0.29) is 10.9 Å². The summed E-state index contributed by atoms with van der Waals surface area (Å²) >= 11 is 0. The SMILES string of the molecule is O=S(=O)([O-])C(F)(F)C(F)(F)C(F)(F)F.c1ccc([S+](c2ccccc2)c2cccc3c2Cc2ccccc2-3)cc1. The predicted molar refractivity (Wildman–Crippen MR) is 135 cm³/mol.